The second-order valence-corrected chi connectivity index (χ2v) is 4.41. The second-order valence-electron chi connectivity index (χ2n) is 4.41. The van der Waals surface area contributed by atoms with Crippen molar-refractivity contribution in [3.8, 4) is 0 Å². The Hall–Kier alpha value is -0.570. The highest BCUT2D eigenvalue weighted by Gasteiger charge is 2.13. The fourth-order valence-corrected chi connectivity index (χ4v) is 1.25. The fraction of sp³-hybridized carbons (Fsp3) is 0.917. The summed E-state index contributed by atoms with van der Waals surface area (Å²) in [5.74, 6) is 0.562. The third-order valence-electron chi connectivity index (χ3n) is 2.27. The van der Waals surface area contributed by atoms with Gasteiger partial charge in [-0.2, -0.15) is 0 Å². The lowest BCUT2D eigenvalue weighted by atomic mass is 10.1. The molecule has 0 aliphatic carbocycles. The van der Waals surface area contributed by atoms with Crippen LogP contribution in [0.1, 0.15) is 40.5 Å². The van der Waals surface area contributed by atoms with Crippen LogP contribution in [0.15, 0.2) is 0 Å². The van der Waals surface area contributed by atoms with Crippen LogP contribution in [0.2, 0.25) is 0 Å². The Labute approximate surface area is 93.6 Å². The van der Waals surface area contributed by atoms with Crippen LogP contribution < -0.4 is 5.32 Å². The van der Waals surface area contributed by atoms with Crippen molar-refractivity contribution in [1.29, 1.82) is 0 Å². The smallest absolute Gasteiger partial charge is 0.309 e. The van der Waals surface area contributed by atoms with Crippen molar-refractivity contribution in [2.24, 2.45) is 11.8 Å². The van der Waals surface area contributed by atoms with Crippen molar-refractivity contribution in [3.05, 3.63) is 0 Å². The van der Waals surface area contributed by atoms with E-state index in [4.69, 9.17) is 4.74 Å². The minimum atomic E-state index is -0.0836. The van der Waals surface area contributed by atoms with E-state index in [2.05, 4.69) is 19.2 Å². The molecule has 0 heterocycles. The summed E-state index contributed by atoms with van der Waals surface area (Å²) in [6, 6.07) is 0. The molecule has 15 heavy (non-hydrogen) atoms. The van der Waals surface area contributed by atoms with Gasteiger partial charge in [-0.1, -0.05) is 27.7 Å². The van der Waals surface area contributed by atoms with E-state index in [0.717, 1.165) is 19.4 Å². The molecule has 1 atom stereocenters. The topological polar surface area (TPSA) is 38.3 Å². The normalized spacial score (nSPS) is 12.9. The van der Waals surface area contributed by atoms with Gasteiger partial charge in [-0.3, -0.25) is 4.79 Å². The Morgan fingerprint density at radius 2 is 2.00 bits per heavy atom. The van der Waals surface area contributed by atoms with Gasteiger partial charge >= 0.3 is 5.97 Å². The molecule has 0 saturated heterocycles. The monoisotopic (exact) mass is 215 g/mol. The molecule has 0 aromatic heterocycles. The van der Waals surface area contributed by atoms with Gasteiger partial charge in [-0.05, 0) is 25.3 Å². The molecule has 0 radical (unpaired) electrons. The first kappa shape index (κ1) is 14.4. The number of carbonyl (C=O) groups excluding carboxylic acids is 1. The Bertz CT molecular complexity index is 169. The first-order valence-corrected chi connectivity index (χ1v) is 5.95. The van der Waals surface area contributed by atoms with Gasteiger partial charge in [0.05, 0.1) is 12.5 Å². The molecule has 3 heteroatoms. The Morgan fingerprint density at radius 1 is 1.33 bits per heavy atom. The van der Waals surface area contributed by atoms with E-state index in [1.807, 2.05) is 13.8 Å². The fourth-order valence-electron chi connectivity index (χ4n) is 1.25. The largest absolute Gasteiger partial charge is 0.465 e. The maximum absolute atomic E-state index is 11.4. The lowest BCUT2D eigenvalue weighted by Crippen LogP contribution is -2.27. The second kappa shape index (κ2) is 8.72. The quantitative estimate of drug-likeness (QED) is 0.498. The summed E-state index contributed by atoms with van der Waals surface area (Å²) in [7, 11) is 0. The first-order chi connectivity index (χ1) is 7.07. The van der Waals surface area contributed by atoms with Gasteiger partial charge in [0.15, 0.2) is 0 Å². The molecule has 0 aromatic rings. The molecular formula is C12H25NO2. The highest BCUT2D eigenvalue weighted by molar-refractivity contribution is 5.72. The molecule has 1 unspecified atom stereocenters. The van der Waals surface area contributed by atoms with Crippen LogP contribution in [0.4, 0.5) is 0 Å². The maximum atomic E-state index is 11.4. The number of ether oxygens (including phenoxy) is 1. The van der Waals surface area contributed by atoms with Crippen molar-refractivity contribution in [2.45, 2.75) is 40.5 Å². The molecule has 1 N–H and O–H groups in total. The highest BCUT2D eigenvalue weighted by Crippen LogP contribution is 2.04. The van der Waals surface area contributed by atoms with Crippen LogP contribution in [-0.2, 0) is 9.53 Å². The van der Waals surface area contributed by atoms with E-state index >= 15 is 0 Å². The van der Waals surface area contributed by atoms with Crippen molar-refractivity contribution >= 4 is 5.97 Å². The van der Waals surface area contributed by atoms with Crippen LogP contribution in [0.25, 0.3) is 0 Å². The number of hydrogen-bond donors (Lipinski definition) is 1. The van der Waals surface area contributed by atoms with E-state index in [1.165, 1.54) is 0 Å². The Balaban J connectivity index is 3.47. The summed E-state index contributed by atoms with van der Waals surface area (Å²) in [6.07, 6.45) is 2.09. The summed E-state index contributed by atoms with van der Waals surface area (Å²) in [4.78, 5) is 11.4. The van der Waals surface area contributed by atoms with Gasteiger partial charge in [-0.25, -0.2) is 0 Å². The molecule has 0 fully saturated rings. The molecule has 0 aliphatic rings. The maximum Gasteiger partial charge on any atom is 0.309 e. The van der Waals surface area contributed by atoms with Gasteiger partial charge < -0.3 is 10.1 Å². The highest BCUT2D eigenvalue weighted by atomic mass is 16.5. The zero-order valence-corrected chi connectivity index (χ0v) is 10.5. The lowest BCUT2D eigenvalue weighted by Gasteiger charge is -2.12. The van der Waals surface area contributed by atoms with E-state index in [0.29, 0.717) is 19.1 Å². The first-order valence-electron chi connectivity index (χ1n) is 5.95. The minimum absolute atomic E-state index is 0.0380. The van der Waals surface area contributed by atoms with Crippen molar-refractivity contribution in [3.63, 3.8) is 0 Å². The molecular weight excluding hydrogens is 190 g/mol. The molecule has 0 rings (SSSR count). The standard InChI is InChI=1S/C12H25NO2/c1-5-13-9-11(4)12(14)15-8-6-7-10(2)3/h10-11,13H,5-9H2,1-4H3. The molecule has 0 amide bonds. The SMILES string of the molecule is CCNCC(C)C(=O)OCCCC(C)C. The molecule has 0 aliphatic heterocycles. The van der Waals surface area contributed by atoms with E-state index in [9.17, 15) is 4.79 Å². The predicted octanol–water partition coefficient (Wildman–Crippen LogP) is 2.21. The van der Waals surface area contributed by atoms with Crippen LogP contribution >= 0.6 is 0 Å². The van der Waals surface area contributed by atoms with Gasteiger partial charge in [0.1, 0.15) is 0 Å². The summed E-state index contributed by atoms with van der Waals surface area (Å²) in [6.45, 7) is 10.4. The van der Waals surface area contributed by atoms with E-state index in [-0.39, 0.29) is 11.9 Å². The number of carbonyl (C=O) groups is 1. The van der Waals surface area contributed by atoms with E-state index < -0.39 is 0 Å². The predicted molar refractivity (Wildman–Crippen MR) is 62.7 cm³/mol. The van der Waals surface area contributed by atoms with Crippen LogP contribution in [0.5, 0.6) is 0 Å². The molecule has 3 nitrogen and oxygen atoms in total. The molecule has 0 spiro atoms. The number of nitrogens with one attached hydrogen (secondary N) is 1. The third-order valence-corrected chi connectivity index (χ3v) is 2.27. The summed E-state index contributed by atoms with van der Waals surface area (Å²) < 4.78 is 5.17. The van der Waals surface area contributed by atoms with Crippen LogP contribution in [0, 0.1) is 11.8 Å². The Morgan fingerprint density at radius 3 is 2.53 bits per heavy atom. The van der Waals surface area contributed by atoms with Crippen molar-refractivity contribution in [1.82, 2.24) is 5.32 Å². The zero-order chi connectivity index (χ0) is 11.7. The average Bonchev–Trinajstić information content (AvgIpc) is 2.20. The minimum Gasteiger partial charge on any atom is -0.465 e. The molecule has 90 valence electrons. The Kier molecular flexibility index (Phi) is 8.38. The average molecular weight is 215 g/mol. The molecule has 0 bridgehead atoms. The van der Waals surface area contributed by atoms with Gasteiger partial charge in [0.2, 0.25) is 0 Å². The molecule has 0 saturated carbocycles. The van der Waals surface area contributed by atoms with Gasteiger partial charge in [-0.15, -0.1) is 0 Å². The number of rotatable bonds is 8. The lowest BCUT2D eigenvalue weighted by molar-refractivity contribution is -0.147. The summed E-state index contributed by atoms with van der Waals surface area (Å²) in [5.41, 5.74) is 0. The molecule has 0 aromatic carbocycles. The van der Waals surface area contributed by atoms with Crippen LogP contribution in [0.3, 0.4) is 0 Å². The number of esters is 1. The van der Waals surface area contributed by atoms with E-state index in [1.54, 1.807) is 0 Å². The van der Waals surface area contributed by atoms with Crippen molar-refractivity contribution < 1.29 is 9.53 Å². The zero-order valence-electron chi connectivity index (χ0n) is 10.5. The third kappa shape index (κ3) is 8.43. The number of hydrogen-bond acceptors (Lipinski definition) is 3. The van der Waals surface area contributed by atoms with Crippen molar-refractivity contribution in [2.75, 3.05) is 19.7 Å². The van der Waals surface area contributed by atoms with Gasteiger partial charge in [0, 0.05) is 6.54 Å². The summed E-state index contributed by atoms with van der Waals surface area (Å²) >= 11 is 0. The van der Waals surface area contributed by atoms with Crippen LogP contribution in [-0.4, -0.2) is 25.7 Å². The van der Waals surface area contributed by atoms with Gasteiger partial charge in [0.25, 0.3) is 0 Å². The summed E-state index contributed by atoms with van der Waals surface area (Å²) in [5, 5.41) is 3.14.